The van der Waals surface area contributed by atoms with Crippen molar-refractivity contribution in [2.45, 2.75) is 25.2 Å². The molecular formula is C13H13NO. The summed E-state index contributed by atoms with van der Waals surface area (Å²) in [6, 6.07) is 7.98. The van der Waals surface area contributed by atoms with Crippen LogP contribution in [0.1, 0.15) is 41.2 Å². The van der Waals surface area contributed by atoms with Gasteiger partial charge in [0.1, 0.15) is 6.29 Å². The van der Waals surface area contributed by atoms with Gasteiger partial charge in [0.15, 0.2) is 0 Å². The molecule has 1 saturated carbocycles. The average Bonchev–Trinajstić information content (AvgIpc) is 2.56. The predicted molar refractivity (Wildman–Crippen MR) is 60.3 cm³/mol. The van der Waals surface area contributed by atoms with Crippen LogP contribution in [-0.4, -0.2) is 11.3 Å². The van der Waals surface area contributed by atoms with Gasteiger partial charge >= 0.3 is 0 Å². The van der Waals surface area contributed by atoms with Crippen molar-refractivity contribution in [2.24, 2.45) is 0 Å². The van der Waals surface area contributed by atoms with E-state index in [0.29, 0.717) is 0 Å². The molecular weight excluding hydrogens is 186 g/mol. The molecule has 1 fully saturated rings. The zero-order chi connectivity index (χ0) is 10.3. The van der Waals surface area contributed by atoms with Crippen LogP contribution in [-0.2, 0) is 0 Å². The Kier molecular flexibility index (Phi) is 1.88. The van der Waals surface area contributed by atoms with Crippen molar-refractivity contribution in [3.63, 3.8) is 0 Å². The minimum Gasteiger partial charge on any atom is -0.358 e. The van der Waals surface area contributed by atoms with E-state index < -0.39 is 0 Å². The van der Waals surface area contributed by atoms with Crippen LogP contribution in [0.3, 0.4) is 0 Å². The van der Waals surface area contributed by atoms with Gasteiger partial charge in [-0.25, -0.2) is 0 Å². The van der Waals surface area contributed by atoms with Crippen molar-refractivity contribution < 1.29 is 4.79 Å². The highest BCUT2D eigenvalue weighted by Crippen LogP contribution is 2.37. The van der Waals surface area contributed by atoms with Crippen molar-refractivity contribution in [3.05, 3.63) is 35.5 Å². The summed E-state index contributed by atoms with van der Waals surface area (Å²) in [5.41, 5.74) is 3.23. The summed E-state index contributed by atoms with van der Waals surface area (Å²) in [4.78, 5) is 14.1. The molecule has 76 valence electrons. The summed E-state index contributed by atoms with van der Waals surface area (Å²) in [7, 11) is 0. The maximum atomic E-state index is 10.6. The minimum absolute atomic E-state index is 0.720. The quantitative estimate of drug-likeness (QED) is 0.740. The summed E-state index contributed by atoms with van der Waals surface area (Å²) in [6.45, 7) is 0. The maximum absolute atomic E-state index is 10.6. The van der Waals surface area contributed by atoms with Gasteiger partial charge in [-0.05, 0) is 43.0 Å². The topological polar surface area (TPSA) is 32.9 Å². The third-order valence-corrected chi connectivity index (χ3v) is 3.35. The van der Waals surface area contributed by atoms with E-state index in [0.717, 1.165) is 28.7 Å². The first-order valence-electron chi connectivity index (χ1n) is 5.44. The van der Waals surface area contributed by atoms with Crippen LogP contribution < -0.4 is 0 Å². The Morgan fingerprint density at radius 3 is 2.80 bits per heavy atom. The Morgan fingerprint density at radius 2 is 2.13 bits per heavy atom. The first kappa shape index (κ1) is 8.72. The Balaban J connectivity index is 2.08. The van der Waals surface area contributed by atoms with Gasteiger partial charge in [-0.2, -0.15) is 0 Å². The predicted octanol–water partition coefficient (Wildman–Crippen LogP) is 3.25. The van der Waals surface area contributed by atoms with Gasteiger partial charge in [-0.15, -0.1) is 0 Å². The number of fused-ring (bicyclic) bond motifs is 1. The summed E-state index contributed by atoms with van der Waals surface area (Å²) < 4.78 is 0. The molecule has 0 saturated heterocycles. The van der Waals surface area contributed by atoms with Crippen LogP contribution >= 0.6 is 0 Å². The Bertz CT molecular complexity index is 508. The lowest BCUT2D eigenvalue weighted by Crippen LogP contribution is -2.08. The molecule has 0 aliphatic heterocycles. The van der Waals surface area contributed by atoms with Crippen molar-refractivity contribution in [1.29, 1.82) is 0 Å². The fourth-order valence-corrected chi connectivity index (χ4v) is 2.19. The van der Waals surface area contributed by atoms with Gasteiger partial charge in [0.2, 0.25) is 0 Å². The molecule has 3 rings (SSSR count). The first-order chi connectivity index (χ1) is 7.36. The average molecular weight is 199 g/mol. The molecule has 2 heteroatoms. The van der Waals surface area contributed by atoms with Crippen LogP contribution in [0.5, 0.6) is 0 Å². The molecule has 15 heavy (non-hydrogen) atoms. The van der Waals surface area contributed by atoms with E-state index in [9.17, 15) is 4.79 Å². The van der Waals surface area contributed by atoms with Crippen LogP contribution in [0.25, 0.3) is 10.9 Å². The molecule has 0 unspecified atom stereocenters. The van der Waals surface area contributed by atoms with Crippen LogP contribution in [0.2, 0.25) is 0 Å². The number of aromatic amines is 1. The fourth-order valence-electron chi connectivity index (χ4n) is 2.19. The van der Waals surface area contributed by atoms with Crippen molar-refractivity contribution in [2.75, 3.05) is 0 Å². The SMILES string of the molecule is O=Cc1ccc2[nH]c(C3CCC3)cc2c1. The van der Waals surface area contributed by atoms with Crippen molar-refractivity contribution >= 4 is 17.2 Å². The summed E-state index contributed by atoms with van der Waals surface area (Å²) in [5.74, 6) is 0.720. The number of aldehydes is 1. The molecule has 1 aliphatic carbocycles. The number of hydrogen-bond donors (Lipinski definition) is 1. The monoisotopic (exact) mass is 199 g/mol. The largest absolute Gasteiger partial charge is 0.358 e. The van der Waals surface area contributed by atoms with Gasteiger partial charge in [-0.3, -0.25) is 4.79 Å². The molecule has 0 bridgehead atoms. The summed E-state index contributed by atoms with van der Waals surface area (Å²) in [6.07, 6.45) is 4.84. The molecule has 2 aromatic rings. The molecule has 0 amide bonds. The molecule has 1 heterocycles. The fraction of sp³-hybridized carbons (Fsp3) is 0.308. The van der Waals surface area contributed by atoms with Crippen molar-refractivity contribution in [1.82, 2.24) is 4.98 Å². The number of hydrogen-bond acceptors (Lipinski definition) is 1. The number of H-pyrrole nitrogens is 1. The summed E-state index contributed by atoms with van der Waals surface area (Å²) in [5, 5.41) is 1.15. The van der Waals surface area contributed by atoms with E-state index in [1.807, 2.05) is 18.2 Å². The van der Waals surface area contributed by atoms with Gasteiger partial charge in [-0.1, -0.05) is 6.42 Å². The minimum atomic E-state index is 0.720. The molecule has 0 spiro atoms. The number of nitrogens with one attached hydrogen (secondary N) is 1. The Morgan fingerprint density at radius 1 is 1.27 bits per heavy atom. The van der Waals surface area contributed by atoms with E-state index in [-0.39, 0.29) is 0 Å². The third-order valence-electron chi connectivity index (χ3n) is 3.35. The van der Waals surface area contributed by atoms with E-state index >= 15 is 0 Å². The van der Waals surface area contributed by atoms with E-state index in [4.69, 9.17) is 0 Å². The standard InChI is InChI=1S/C13H13NO/c15-8-9-4-5-12-11(6-9)7-13(14-12)10-2-1-3-10/h4-8,10,14H,1-3H2. The lowest BCUT2D eigenvalue weighted by atomic mass is 9.83. The number of benzene rings is 1. The zero-order valence-electron chi connectivity index (χ0n) is 8.49. The van der Waals surface area contributed by atoms with Crippen molar-refractivity contribution in [3.8, 4) is 0 Å². The van der Waals surface area contributed by atoms with Gasteiger partial charge in [0.25, 0.3) is 0 Å². The van der Waals surface area contributed by atoms with Gasteiger partial charge in [0.05, 0.1) is 0 Å². The molecule has 2 nitrogen and oxygen atoms in total. The smallest absolute Gasteiger partial charge is 0.150 e. The van der Waals surface area contributed by atoms with E-state index in [1.54, 1.807) is 0 Å². The lowest BCUT2D eigenvalue weighted by Gasteiger charge is -2.23. The first-order valence-corrected chi connectivity index (χ1v) is 5.44. The van der Waals surface area contributed by atoms with Crippen LogP contribution in [0, 0.1) is 0 Å². The zero-order valence-corrected chi connectivity index (χ0v) is 8.49. The normalized spacial score (nSPS) is 16.5. The number of carbonyl (C=O) groups is 1. The highest BCUT2D eigenvalue weighted by Gasteiger charge is 2.20. The second-order valence-corrected chi connectivity index (χ2v) is 4.32. The van der Waals surface area contributed by atoms with Gasteiger partial charge < -0.3 is 4.98 Å². The summed E-state index contributed by atoms with van der Waals surface area (Å²) >= 11 is 0. The molecule has 0 atom stereocenters. The number of rotatable bonds is 2. The third kappa shape index (κ3) is 1.37. The molecule has 1 aromatic carbocycles. The second-order valence-electron chi connectivity index (χ2n) is 4.32. The molecule has 0 radical (unpaired) electrons. The van der Waals surface area contributed by atoms with Crippen LogP contribution in [0.15, 0.2) is 24.3 Å². The Hall–Kier alpha value is -1.57. The Labute approximate surface area is 88.3 Å². The number of carbonyl (C=O) groups excluding carboxylic acids is 1. The van der Waals surface area contributed by atoms with Gasteiger partial charge in [0, 0.05) is 22.2 Å². The molecule has 1 N–H and O–H groups in total. The van der Waals surface area contributed by atoms with E-state index in [2.05, 4.69) is 11.1 Å². The highest BCUT2D eigenvalue weighted by molar-refractivity contribution is 5.87. The van der Waals surface area contributed by atoms with E-state index in [1.165, 1.54) is 25.0 Å². The number of aromatic nitrogens is 1. The second kappa shape index (κ2) is 3.23. The molecule has 1 aliphatic rings. The maximum Gasteiger partial charge on any atom is 0.150 e. The molecule has 1 aromatic heterocycles. The lowest BCUT2D eigenvalue weighted by molar-refractivity contribution is 0.112. The highest BCUT2D eigenvalue weighted by atomic mass is 16.1. The van der Waals surface area contributed by atoms with Crippen LogP contribution in [0.4, 0.5) is 0 Å².